The molecule has 5 aromatic carbocycles. The van der Waals surface area contributed by atoms with Crippen LogP contribution < -0.4 is 49.6 Å². The van der Waals surface area contributed by atoms with Gasteiger partial charge in [0.25, 0.3) is 11.8 Å². The van der Waals surface area contributed by atoms with Crippen LogP contribution in [-0.4, -0.2) is 87.1 Å². The lowest BCUT2D eigenvalue weighted by Gasteiger charge is -2.25. The molecule has 0 radical (unpaired) electrons. The van der Waals surface area contributed by atoms with Gasteiger partial charge in [-0.25, -0.2) is 0 Å². The first-order valence-corrected chi connectivity index (χ1v) is 26.6. The third-order valence-electron chi connectivity index (χ3n) is 13.4. The van der Waals surface area contributed by atoms with Crippen LogP contribution in [0.15, 0.2) is 91.0 Å². The molecule has 5 aromatic rings. The van der Waals surface area contributed by atoms with Gasteiger partial charge in [0.2, 0.25) is 11.8 Å². The van der Waals surface area contributed by atoms with E-state index in [9.17, 15) is 19.2 Å². The number of rotatable bonds is 19. The van der Waals surface area contributed by atoms with Gasteiger partial charge in [0.05, 0.1) is 48.8 Å². The topological polar surface area (TPSA) is 151 Å². The highest BCUT2D eigenvalue weighted by Crippen LogP contribution is 2.44. The van der Waals surface area contributed by atoms with Gasteiger partial charge >= 0.3 is 0 Å². The fourth-order valence-electron chi connectivity index (χ4n) is 9.84. The molecular weight excluding hydrogens is 937 g/mol. The number of benzene rings is 5. The summed E-state index contributed by atoms with van der Waals surface area (Å²) >= 11 is 0. The number of fused-ring (bicyclic) bond motifs is 8. The summed E-state index contributed by atoms with van der Waals surface area (Å²) in [5, 5.41) is 9.56. The van der Waals surface area contributed by atoms with Crippen LogP contribution in [0.4, 0.5) is 28.4 Å². The molecule has 0 aliphatic carbocycles. The highest BCUT2D eigenvalue weighted by atomic mass is 33.1. The van der Waals surface area contributed by atoms with Crippen LogP contribution in [0, 0.1) is 0 Å². The summed E-state index contributed by atoms with van der Waals surface area (Å²) in [7, 11) is 8.45. The Kier molecular flexibility index (Phi) is 14.9. The van der Waals surface area contributed by atoms with Gasteiger partial charge in [-0.05, 0) is 104 Å². The average molecular weight is 999 g/mol. The molecule has 0 saturated heterocycles. The zero-order chi connectivity index (χ0) is 49.8. The largest absolute Gasteiger partial charge is 0.493 e. The van der Waals surface area contributed by atoms with Crippen LogP contribution in [0.1, 0.15) is 89.4 Å². The number of hydrogen-bond acceptors (Lipinski definition) is 12. The molecule has 0 aromatic heterocycles. The molecular formula is C55H62N6O8S2. The summed E-state index contributed by atoms with van der Waals surface area (Å²) < 4.78 is 24.5. The number of amides is 4. The third kappa shape index (κ3) is 10.9. The molecule has 4 heterocycles. The van der Waals surface area contributed by atoms with Gasteiger partial charge < -0.3 is 49.6 Å². The number of hydrogen-bond donors (Lipinski definition) is 3. The molecule has 71 heavy (non-hydrogen) atoms. The third-order valence-corrected chi connectivity index (χ3v) is 16.8. The molecule has 372 valence electrons. The highest BCUT2D eigenvalue weighted by molar-refractivity contribution is 8.77. The van der Waals surface area contributed by atoms with E-state index in [1.54, 1.807) is 47.9 Å². The Morgan fingerprint density at radius 3 is 2.00 bits per heavy atom. The Morgan fingerprint density at radius 2 is 1.34 bits per heavy atom. The van der Waals surface area contributed by atoms with Crippen molar-refractivity contribution < 1.29 is 38.1 Å². The van der Waals surface area contributed by atoms with E-state index in [1.165, 1.54) is 0 Å². The van der Waals surface area contributed by atoms with Crippen LogP contribution >= 0.6 is 21.6 Å². The fraction of sp³-hybridized carbons (Fsp3) is 0.382. The monoisotopic (exact) mass is 998 g/mol. The second-order valence-corrected chi connectivity index (χ2v) is 22.2. The Hall–Kier alpha value is -6.52. The van der Waals surface area contributed by atoms with Crippen LogP contribution in [0.25, 0.3) is 0 Å². The van der Waals surface area contributed by atoms with Crippen LogP contribution in [0.2, 0.25) is 0 Å². The summed E-state index contributed by atoms with van der Waals surface area (Å²) in [5.41, 5.74) is 8.73. The van der Waals surface area contributed by atoms with Crippen LogP contribution in [0.5, 0.6) is 23.0 Å². The highest BCUT2D eigenvalue weighted by Gasteiger charge is 2.40. The average Bonchev–Trinajstić information content (AvgIpc) is 3.87. The number of para-hydroxylation sites is 2. The zero-order valence-corrected chi connectivity index (χ0v) is 42.9. The molecule has 0 unspecified atom stereocenters. The van der Waals surface area contributed by atoms with Crippen molar-refractivity contribution in [3.8, 4) is 23.0 Å². The number of nitrogens with one attached hydrogen (secondary N) is 3. The maximum absolute atomic E-state index is 14.3. The lowest BCUT2D eigenvalue weighted by Crippen LogP contribution is -2.41. The van der Waals surface area contributed by atoms with Crippen molar-refractivity contribution in [2.45, 2.75) is 89.3 Å². The second-order valence-electron chi connectivity index (χ2n) is 19.1. The molecule has 16 heteroatoms. The second kappa shape index (κ2) is 21.5. The molecule has 3 N–H and O–H groups in total. The van der Waals surface area contributed by atoms with Crippen molar-refractivity contribution >= 4 is 73.7 Å². The summed E-state index contributed by atoms with van der Waals surface area (Å²) in [5.74, 6) is 2.21. The minimum absolute atomic E-state index is 0.00909. The number of anilines is 5. The van der Waals surface area contributed by atoms with Gasteiger partial charge in [-0.1, -0.05) is 64.9 Å². The van der Waals surface area contributed by atoms with E-state index >= 15 is 0 Å². The molecule has 4 amide bonds. The van der Waals surface area contributed by atoms with Gasteiger partial charge in [0.15, 0.2) is 23.0 Å². The summed E-state index contributed by atoms with van der Waals surface area (Å²) in [6.45, 7) is 8.37. The summed E-state index contributed by atoms with van der Waals surface area (Å²) in [6, 6.07) is 29.0. The molecule has 9 rings (SSSR count). The van der Waals surface area contributed by atoms with E-state index in [4.69, 9.17) is 18.9 Å². The van der Waals surface area contributed by atoms with E-state index < -0.39 is 0 Å². The Bertz CT molecular complexity index is 2840. The van der Waals surface area contributed by atoms with Crippen LogP contribution in [-0.2, 0) is 35.6 Å². The Morgan fingerprint density at radius 1 is 0.732 bits per heavy atom. The molecule has 14 nitrogen and oxygen atoms in total. The fourth-order valence-corrected chi connectivity index (χ4v) is 12.4. The summed E-state index contributed by atoms with van der Waals surface area (Å²) in [6.07, 6.45) is 3.81. The van der Waals surface area contributed by atoms with Gasteiger partial charge in [-0.15, -0.1) is 0 Å². The van der Waals surface area contributed by atoms with Crippen LogP contribution in [0.3, 0.4) is 0 Å². The van der Waals surface area contributed by atoms with Gasteiger partial charge in [0, 0.05) is 79.2 Å². The molecule has 0 fully saturated rings. The van der Waals surface area contributed by atoms with E-state index in [2.05, 4.69) is 46.8 Å². The Labute approximate surface area is 423 Å². The first-order chi connectivity index (χ1) is 34.3. The molecule has 0 spiro atoms. The van der Waals surface area contributed by atoms with Crippen molar-refractivity contribution in [3.63, 3.8) is 0 Å². The molecule has 0 saturated carbocycles. The number of carbonyl (C=O) groups excluding carboxylic acids is 4. The van der Waals surface area contributed by atoms with Crippen molar-refractivity contribution in [2.24, 2.45) is 0 Å². The van der Waals surface area contributed by atoms with E-state index in [0.29, 0.717) is 83.7 Å². The predicted molar refractivity (Wildman–Crippen MR) is 284 cm³/mol. The standard InChI is InChI=1S/C55H62N6O8S2/c1-7-19-56-51(62)17-20-70-71-55(2,3)18-16-52(63)58-38-22-34(32-68-49-28-43-41(26-47(49)66-5)53(64)60-39(30-57-43)24-36-12-8-10-14-44(36)60)21-35(23-38)33-69-50-29-46-42(27-48(50)67-6)54(65)61-40(31-59(46)4)25-37-13-9-11-15-45(37)61/h8-15,21-23,26-29,39-40,57H,7,16-20,24-25,30-33H2,1-6H3,(H,56,62)(H,58,63)/t39-,40-/m0/s1. The zero-order valence-electron chi connectivity index (χ0n) is 41.2. The van der Waals surface area contributed by atoms with Crippen molar-refractivity contribution in [3.05, 3.63) is 124 Å². The normalized spacial score (nSPS) is 16.6. The SMILES string of the molecule is CCCNC(=O)CCSSC(C)(C)CCC(=O)Nc1cc(COc2cc3c(cc2OC)C(=O)N2c4ccccc4C[C@H]2CN3)cc(COc2cc3c(cc2OC)C(=O)N2c4ccccc4C[C@H]2CN3C)c1. The van der Waals surface area contributed by atoms with Gasteiger partial charge in [-0.3, -0.25) is 19.2 Å². The minimum atomic E-state index is -0.212. The first kappa shape index (κ1) is 49.5. The maximum atomic E-state index is 14.3. The first-order valence-electron chi connectivity index (χ1n) is 24.3. The minimum Gasteiger partial charge on any atom is -0.493 e. The number of likely N-dealkylation sites (N-methyl/N-ethyl adjacent to an activating group) is 1. The van der Waals surface area contributed by atoms with E-state index in [1.807, 2.05) is 90.5 Å². The lowest BCUT2D eigenvalue weighted by atomic mass is 10.1. The van der Waals surface area contributed by atoms with E-state index in [-0.39, 0.29) is 60.1 Å². The molecule has 0 bridgehead atoms. The summed E-state index contributed by atoms with van der Waals surface area (Å²) in [4.78, 5) is 60.0. The molecule has 4 aliphatic rings. The van der Waals surface area contributed by atoms with Gasteiger partial charge in [-0.2, -0.15) is 0 Å². The smallest absolute Gasteiger partial charge is 0.260 e. The number of methoxy groups -OCH3 is 2. The number of carbonyl (C=O) groups is 4. The van der Waals surface area contributed by atoms with Gasteiger partial charge in [0.1, 0.15) is 13.2 Å². The van der Waals surface area contributed by atoms with Crippen molar-refractivity contribution in [1.29, 1.82) is 0 Å². The number of ether oxygens (including phenoxy) is 4. The maximum Gasteiger partial charge on any atom is 0.260 e. The Balaban J connectivity index is 0.936. The predicted octanol–water partition coefficient (Wildman–Crippen LogP) is 9.68. The number of nitrogens with zero attached hydrogens (tertiary/aromatic N) is 3. The molecule has 4 aliphatic heterocycles. The van der Waals surface area contributed by atoms with Crippen molar-refractivity contribution in [1.82, 2.24) is 5.32 Å². The van der Waals surface area contributed by atoms with E-state index in [0.717, 1.165) is 58.6 Å². The lowest BCUT2D eigenvalue weighted by molar-refractivity contribution is -0.120. The quantitative estimate of drug-likeness (QED) is 0.0534. The molecule has 2 atom stereocenters. The van der Waals surface area contributed by atoms with Crippen molar-refractivity contribution in [2.75, 3.05) is 72.0 Å².